The molecule has 0 atom stereocenters. The Morgan fingerprint density at radius 1 is 0.912 bits per heavy atom. The zero-order valence-corrected chi connectivity index (χ0v) is 19.2. The van der Waals surface area contributed by atoms with Crippen LogP contribution in [0.25, 0.3) is 10.9 Å². The van der Waals surface area contributed by atoms with Gasteiger partial charge in [-0.2, -0.15) is 0 Å². The van der Waals surface area contributed by atoms with Crippen LogP contribution in [-0.4, -0.2) is 60.3 Å². The number of aromatic amines is 1. The van der Waals surface area contributed by atoms with Crippen LogP contribution in [0.4, 0.5) is 11.8 Å². The molecule has 0 aliphatic carbocycles. The fourth-order valence-corrected chi connectivity index (χ4v) is 4.27. The van der Waals surface area contributed by atoms with E-state index >= 15 is 0 Å². The van der Waals surface area contributed by atoms with Gasteiger partial charge in [-0.25, -0.2) is 15.0 Å². The van der Waals surface area contributed by atoms with E-state index in [1.807, 2.05) is 42.5 Å². The number of hydrogen-bond acceptors (Lipinski definition) is 8. The molecule has 0 bridgehead atoms. The molecule has 5 rings (SSSR count). The van der Waals surface area contributed by atoms with Crippen molar-refractivity contribution < 1.29 is 9.47 Å². The van der Waals surface area contributed by atoms with Gasteiger partial charge in [-0.05, 0) is 11.6 Å². The number of ether oxygens (including phenoxy) is 2. The number of piperazine rings is 1. The van der Waals surface area contributed by atoms with Crippen molar-refractivity contribution in [3.05, 3.63) is 76.5 Å². The van der Waals surface area contributed by atoms with Crippen LogP contribution in [0.15, 0.2) is 59.8 Å². The van der Waals surface area contributed by atoms with Gasteiger partial charge in [0.2, 0.25) is 5.95 Å². The van der Waals surface area contributed by atoms with Crippen LogP contribution in [0.3, 0.4) is 0 Å². The van der Waals surface area contributed by atoms with Gasteiger partial charge < -0.3 is 19.3 Å². The van der Waals surface area contributed by atoms with Gasteiger partial charge in [0, 0.05) is 55.8 Å². The van der Waals surface area contributed by atoms with Crippen LogP contribution >= 0.6 is 0 Å². The Hall–Kier alpha value is -4.14. The Morgan fingerprint density at radius 2 is 1.62 bits per heavy atom. The van der Waals surface area contributed by atoms with Crippen molar-refractivity contribution in [2.45, 2.75) is 6.42 Å². The van der Waals surface area contributed by atoms with Crippen molar-refractivity contribution in [2.24, 2.45) is 0 Å². The molecule has 9 heteroatoms. The molecule has 1 fully saturated rings. The maximum atomic E-state index is 12.7. The predicted octanol–water partition coefficient (Wildman–Crippen LogP) is 2.65. The lowest BCUT2D eigenvalue weighted by Gasteiger charge is -2.36. The van der Waals surface area contributed by atoms with E-state index in [1.165, 1.54) is 0 Å². The molecule has 0 radical (unpaired) electrons. The number of H-pyrrole nitrogens is 1. The minimum atomic E-state index is -0.0980. The summed E-state index contributed by atoms with van der Waals surface area (Å²) in [5, 5.41) is 0.908. The van der Waals surface area contributed by atoms with Crippen LogP contribution in [-0.2, 0) is 6.42 Å². The maximum absolute atomic E-state index is 12.7. The summed E-state index contributed by atoms with van der Waals surface area (Å²) in [5.74, 6) is 2.72. The summed E-state index contributed by atoms with van der Waals surface area (Å²) in [7, 11) is 3.22. The van der Waals surface area contributed by atoms with E-state index in [1.54, 1.807) is 26.7 Å². The highest BCUT2D eigenvalue weighted by molar-refractivity contribution is 5.92. The van der Waals surface area contributed by atoms with Gasteiger partial charge in [0.1, 0.15) is 12.1 Å². The summed E-state index contributed by atoms with van der Waals surface area (Å²) >= 11 is 0. The Labute approximate surface area is 197 Å². The number of hydrogen-bond donors (Lipinski definition) is 1. The van der Waals surface area contributed by atoms with Crippen LogP contribution in [0.5, 0.6) is 11.5 Å². The van der Waals surface area contributed by atoms with Crippen molar-refractivity contribution in [3.8, 4) is 11.5 Å². The van der Waals surface area contributed by atoms with E-state index in [-0.39, 0.29) is 5.56 Å². The van der Waals surface area contributed by atoms with Crippen LogP contribution in [0.1, 0.15) is 11.1 Å². The Kier molecular flexibility index (Phi) is 5.99. The van der Waals surface area contributed by atoms with Gasteiger partial charge in [-0.1, -0.05) is 30.3 Å². The standard InChI is InChI=1S/C25H26N6O3/c1-33-21-13-19-20(14-22(21)34-2)27-16-28-23(19)30-8-10-31(11-9-30)25-26-15-18(24(32)29-25)12-17-6-4-3-5-7-17/h3-7,13-16H,8-12H2,1-2H3,(H,26,29,32). The lowest BCUT2D eigenvalue weighted by molar-refractivity contribution is 0.356. The topological polar surface area (TPSA) is 96.5 Å². The van der Waals surface area contributed by atoms with Crippen LogP contribution in [0, 0.1) is 0 Å². The lowest BCUT2D eigenvalue weighted by Crippen LogP contribution is -2.47. The Morgan fingerprint density at radius 3 is 2.32 bits per heavy atom. The molecule has 0 saturated carbocycles. The van der Waals surface area contributed by atoms with Gasteiger partial charge in [0.15, 0.2) is 11.5 Å². The first-order valence-corrected chi connectivity index (χ1v) is 11.1. The molecular formula is C25H26N6O3. The molecule has 2 aromatic carbocycles. The van der Waals surface area contributed by atoms with E-state index in [2.05, 4.69) is 29.7 Å². The van der Waals surface area contributed by atoms with Crippen molar-refractivity contribution >= 4 is 22.7 Å². The number of fused-ring (bicyclic) bond motifs is 1. The van der Waals surface area contributed by atoms with Crippen LogP contribution < -0.4 is 24.8 Å². The smallest absolute Gasteiger partial charge is 0.255 e. The molecule has 1 aliphatic rings. The van der Waals surface area contributed by atoms with Gasteiger partial charge >= 0.3 is 0 Å². The molecule has 34 heavy (non-hydrogen) atoms. The maximum Gasteiger partial charge on any atom is 0.255 e. The Bertz CT molecular complexity index is 1350. The molecule has 9 nitrogen and oxygen atoms in total. The molecule has 0 spiro atoms. The summed E-state index contributed by atoms with van der Waals surface area (Å²) in [6, 6.07) is 13.7. The zero-order chi connectivity index (χ0) is 23.5. The monoisotopic (exact) mass is 458 g/mol. The molecule has 1 aliphatic heterocycles. The summed E-state index contributed by atoms with van der Waals surface area (Å²) in [4.78, 5) is 33.4. The summed E-state index contributed by atoms with van der Waals surface area (Å²) in [6.45, 7) is 2.88. The average Bonchev–Trinajstić information content (AvgIpc) is 2.89. The van der Waals surface area contributed by atoms with Crippen molar-refractivity contribution in [1.82, 2.24) is 19.9 Å². The van der Waals surface area contributed by atoms with Gasteiger partial charge in [0.05, 0.1) is 19.7 Å². The molecular weight excluding hydrogens is 432 g/mol. The quantitative estimate of drug-likeness (QED) is 0.471. The zero-order valence-electron chi connectivity index (χ0n) is 19.2. The molecule has 4 aromatic rings. The molecule has 1 saturated heterocycles. The predicted molar refractivity (Wildman–Crippen MR) is 131 cm³/mol. The van der Waals surface area contributed by atoms with Crippen molar-refractivity contribution in [1.29, 1.82) is 0 Å². The van der Waals surface area contributed by atoms with Crippen LogP contribution in [0.2, 0.25) is 0 Å². The molecule has 174 valence electrons. The third kappa shape index (κ3) is 4.24. The highest BCUT2D eigenvalue weighted by Gasteiger charge is 2.22. The number of aromatic nitrogens is 4. The van der Waals surface area contributed by atoms with E-state index in [4.69, 9.17) is 9.47 Å². The second kappa shape index (κ2) is 9.38. The van der Waals surface area contributed by atoms with Crippen molar-refractivity contribution in [3.63, 3.8) is 0 Å². The first-order chi connectivity index (χ1) is 16.7. The van der Waals surface area contributed by atoms with E-state index < -0.39 is 0 Å². The fraction of sp³-hybridized carbons (Fsp3) is 0.280. The molecule has 3 heterocycles. The van der Waals surface area contributed by atoms with Crippen molar-refractivity contribution in [2.75, 3.05) is 50.2 Å². The number of anilines is 2. The minimum Gasteiger partial charge on any atom is -0.493 e. The number of rotatable bonds is 6. The molecule has 1 N–H and O–H groups in total. The fourth-order valence-electron chi connectivity index (χ4n) is 4.27. The molecule has 0 amide bonds. The molecule has 0 unspecified atom stereocenters. The summed E-state index contributed by atoms with van der Waals surface area (Å²) in [5.41, 5.74) is 2.44. The van der Waals surface area contributed by atoms with E-state index in [0.29, 0.717) is 42.5 Å². The van der Waals surface area contributed by atoms with Gasteiger partial charge in [0.25, 0.3) is 5.56 Å². The first kappa shape index (κ1) is 21.7. The normalized spacial score (nSPS) is 13.8. The van der Waals surface area contributed by atoms with Gasteiger partial charge in [-0.3, -0.25) is 9.78 Å². The highest BCUT2D eigenvalue weighted by atomic mass is 16.5. The lowest BCUT2D eigenvalue weighted by atomic mass is 10.1. The third-order valence-corrected chi connectivity index (χ3v) is 6.10. The highest BCUT2D eigenvalue weighted by Crippen LogP contribution is 2.35. The minimum absolute atomic E-state index is 0.0980. The largest absolute Gasteiger partial charge is 0.493 e. The number of nitrogens with one attached hydrogen (secondary N) is 1. The average molecular weight is 459 g/mol. The summed E-state index contributed by atoms with van der Waals surface area (Å²) in [6.07, 6.45) is 3.82. The second-order valence-electron chi connectivity index (χ2n) is 8.12. The Balaban J connectivity index is 1.32. The second-order valence-corrected chi connectivity index (χ2v) is 8.12. The number of nitrogens with zero attached hydrogens (tertiary/aromatic N) is 5. The SMILES string of the molecule is COc1cc2ncnc(N3CCN(c4ncc(Cc5ccccc5)c(=O)[nH]4)CC3)c2cc1OC. The summed E-state index contributed by atoms with van der Waals surface area (Å²) < 4.78 is 10.9. The van der Waals surface area contributed by atoms with Gasteiger partial charge in [-0.15, -0.1) is 0 Å². The van der Waals surface area contributed by atoms with E-state index in [0.717, 1.165) is 35.4 Å². The van der Waals surface area contributed by atoms with E-state index in [9.17, 15) is 4.79 Å². The first-order valence-electron chi connectivity index (χ1n) is 11.1. The third-order valence-electron chi connectivity index (χ3n) is 6.10. The molecule has 2 aromatic heterocycles. The number of methoxy groups -OCH3 is 2. The number of benzene rings is 2.